The lowest BCUT2D eigenvalue weighted by Gasteiger charge is -2.58. The highest BCUT2D eigenvalue weighted by molar-refractivity contribution is 5.94. The van der Waals surface area contributed by atoms with Gasteiger partial charge in [-0.15, -0.1) is 5.10 Å². The Bertz CT molecular complexity index is 1450. The highest BCUT2D eigenvalue weighted by Gasteiger charge is 2.62. The number of aliphatic imine (C=N–C) groups is 1. The Hall–Kier alpha value is -3.91. The predicted octanol–water partition coefficient (Wildman–Crippen LogP) is 3.69. The number of guanidine groups is 1. The summed E-state index contributed by atoms with van der Waals surface area (Å²) in [6.45, 7) is 0.919. The molecule has 1 spiro atoms. The average molecular weight is 547 g/mol. The molecule has 1 saturated carbocycles. The molecule has 39 heavy (non-hydrogen) atoms. The van der Waals surface area contributed by atoms with Gasteiger partial charge in [0.1, 0.15) is 18.7 Å². The lowest BCUT2D eigenvalue weighted by Crippen LogP contribution is -2.66. The zero-order chi connectivity index (χ0) is 27.5. The van der Waals surface area contributed by atoms with E-state index in [1.54, 1.807) is 29.2 Å². The van der Waals surface area contributed by atoms with Crippen molar-refractivity contribution in [1.82, 2.24) is 25.2 Å². The molecule has 1 unspecified atom stereocenters. The number of hydrogen-bond donors (Lipinski definition) is 3. The van der Waals surface area contributed by atoms with Gasteiger partial charge in [0.25, 0.3) is 0 Å². The molecule has 206 valence electrons. The Balaban J connectivity index is 1.13. The van der Waals surface area contributed by atoms with Crippen LogP contribution in [-0.2, 0) is 11.5 Å². The molecule has 4 heterocycles. The molecular weight excluding hydrogens is 520 g/mol. The number of methoxy groups -OCH3 is 1. The maximum atomic E-state index is 14.9. The molecule has 2 fully saturated rings. The largest absolute Gasteiger partial charge is 0.504 e. The molecule has 14 heteroatoms. The van der Waals surface area contributed by atoms with Crippen LogP contribution in [0.3, 0.4) is 0 Å². The number of halogens is 4. The zero-order valence-electron chi connectivity index (χ0n) is 21.1. The second kappa shape index (κ2) is 9.09. The minimum atomic E-state index is -2.59. The summed E-state index contributed by atoms with van der Waals surface area (Å²) in [6.07, 6.45) is 2.11. The third-order valence-electron chi connectivity index (χ3n) is 7.18. The minimum absolute atomic E-state index is 0.0166. The third kappa shape index (κ3) is 4.63. The summed E-state index contributed by atoms with van der Waals surface area (Å²) in [5.41, 5.74) is 3.77. The lowest BCUT2D eigenvalue weighted by atomic mass is 9.61. The molecule has 10 nitrogen and oxygen atoms in total. The molecule has 0 bridgehead atoms. The highest BCUT2D eigenvalue weighted by atomic mass is 19.3. The number of anilines is 2. The topological polar surface area (TPSA) is 103 Å². The van der Waals surface area contributed by atoms with Crippen LogP contribution in [0.25, 0.3) is 11.1 Å². The van der Waals surface area contributed by atoms with Crippen molar-refractivity contribution in [2.75, 3.05) is 37.5 Å². The van der Waals surface area contributed by atoms with Crippen molar-refractivity contribution in [2.24, 2.45) is 10.4 Å². The molecular formula is C25H26F4N8O2. The number of aromatic nitrogens is 3. The van der Waals surface area contributed by atoms with E-state index in [0.717, 1.165) is 0 Å². The number of pyridine rings is 1. The van der Waals surface area contributed by atoms with Gasteiger partial charge in [-0.1, -0.05) is 0 Å². The average Bonchev–Trinajstić information content (AvgIpc) is 3.38. The van der Waals surface area contributed by atoms with Gasteiger partial charge in [0, 0.05) is 74.7 Å². The van der Waals surface area contributed by atoms with Gasteiger partial charge in [-0.05, 0) is 24.3 Å². The number of benzene rings is 1. The summed E-state index contributed by atoms with van der Waals surface area (Å²) in [7, 11) is 3.16. The first-order valence-corrected chi connectivity index (χ1v) is 12.2. The van der Waals surface area contributed by atoms with E-state index in [2.05, 4.69) is 25.8 Å². The Kier molecular flexibility index (Phi) is 5.91. The van der Waals surface area contributed by atoms with Gasteiger partial charge in [0.05, 0.1) is 5.56 Å². The van der Waals surface area contributed by atoms with Crippen molar-refractivity contribution in [2.45, 2.75) is 31.7 Å². The molecule has 1 aliphatic carbocycles. The van der Waals surface area contributed by atoms with Gasteiger partial charge in [-0.25, -0.2) is 33.3 Å². The number of hydrogen-bond acceptors (Lipinski definition) is 9. The van der Waals surface area contributed by atoms with Crippen LogP contribution < -0.4 is 15.6 Å². The number of ether oxygens (including phenoxy) is 1. The number of rotatable bonds is 6. The molecule has 6 rings (SSSR count). The van der Waals surface area contributed by atoms with Crippen LogP contribution in [0, 0.1) is 17.2 Å². The SMILES string of the molecule is COCn1cc(-c2ccc(NC3=NC(c4cnc(N5CC6(C5)CC(F)(F)C6)c(O)c4)NN3C)cc2F)c(F)n1. The minimum Gasteiger partial charge on any atom is -0.504 e. The van der Waals surface area contributed by atoms with Crippen LogP contribution in [0.2, 0.25) is 0 Å². The fourth-order valence-electron chi connectivity index (χ4n) is 5.50. The van der Waals surface area contributed by atoms with E-state index in [9.17, 15) is 22.7 Å². The van der Waals surface area contributed by atoms with Crippen molar-refractivity contribution in [3.63, 3.8) is 0 Å². The smallest absolute Gasteiger partial charge is 0.249 e. The fraction of sp³-hybridized carbons (Fsp3) is 0.400. The molecule has 3 aromatic rings. The monoisotopic (exact) mass is 546 g/mol. The maximum absolute atomic E-state index is 14.9. The number of alkyl halides is 2. The Labute approximate surface area is 220 Å². The summed E-state index contributed by atoms with van der Waals surface area (Å²) in [4.78, 5) is 10.7. The molecule has 2 aromatic heterocycles. The first kappa shape index (κ1) is 25.4. The second-order valence-electron chi connectivity index (χ2n) is 10.3. The normalized spacial score (nSPS) is 21.1. The summed E-state index contributed by atoms with van der Waals surface area (Å²) in [5, 5.41) is 18.9. The van der Waals surface area contributed by atoms with Gasteiger partial charge in [0.2, 0.25) is 17.8 Å². The second-order valence-corrected chi connectivity index (χ2v) is 10.3. The molecule has 1 atom stereocenters. The van der Waals surface area contributed by atoms with Gasteiger partial charge in [-0.3, -0.25) is 5.01 Å². The molecule has 2 aliphatic heterocycles. The van der Waals surface area contributed by atoms with Crippen LogP contribution >= 0.6 is 0 Å². The van der Waals surface area contributed by atoms with E-state index in [1.807, 2.05) is 0 Å². The zero-order valence-corrected chi connectivity index (χ0v) is 21.1. The van der Waals surface area contributed by atoms with E-state index in [1.165, 1.54) is 36.2 Å². The highest BCUT2D eigenvalue weighted by Crippen LogP contribution is 2.57. The predicted molar refractivity (Wildman–Crippen MR) is 134 cm³/mol. The maximum Gasteiger partial charge on any atom is 0.249 e. The molecule has 1 saturated heterocycles. The van der Waals surface area contributed by atoms with Gasteiger partial charge in [-0.2, -0.15) is 4.39 Å². The molecule has 3 aliphatic rings. The van der Waals surface area contributed by atoms with Crippen molar-refractivity contribution in [3.05, 3.63) is 54.0 Å². The molecule has 1 aromatic carbocycles. The standard InChI is InChI=1S/C25H26F4N8O2/c1-35-23(31-15-3-4-16(18(26)6-15)17-8-37(13-39-2)33-20(17)27)32-21(34-35)14-5-19(38)22(30-7-14)36-11-24(12-36)9-25(28,29)10-24/h3-8,21,34,38H,9-13H2,1-2H3,(H,31,32). The van der Waals surface area contributed by atoms with Crippen LogP contribution in [-0.4, -0.2) is 64.0 Å². The van der Waals surface area contributed by atoms with Gasteiger partial charge < -0.3 is 20.1 Å². The van der Waals surface area contributed by atoms with Crippen LogP contribution in [0.4, 0.5) is 29.1 Å². The summed E-state index contributed by atoms with van der Waals surface area (Å²) in [6, 6.07) is 5.80. The third-order valence-corrected chi connectivity index (χ3v) is 7.18. The van der Waals surface area contributed by atoms with E-state index in [-0.39, 0.29) is 41.9 Å². The number of hydrazine groups is 1. The Morgan fingerprint density at radius 3 is 2.62 bits per heavy atom. The number of nitrogens with zero attached hydrogens (tertiary/aromatic N) is 6. The van der Waals surface area contributed by atoms with Crippen molar-refractivity contribution < 1.29 is 27.4 Å². The molecule has 0 amide bonds. The van der Waals surface area contributed by atoms with E-state index in [4.69, 9.17) is 4.74 Å². The Morgan fingerprint density at radius 2 is 1.95 bits per heavy atom. The summed E-state index contributed by atoms with van der Waals surface area (Å²) >= 11 is 0. The van der Waals surface area contributed by atoms with Crippen molar-refractivity contribution in [1.29, 1.82) is 0 Å². The van der Waals surface area contributed by atoms with Gasteiger partial charge >= 0.3 is 0 Å². The summed E-state index contributed by atoms with van der Waals surface area (Å²) < 4.78 is 61.9. The number of aromatic hydroxyl groups is 1. The van der Waals surface area contributed by atoms with Crippen LogP contribution in [0.1, 0.15) is 24.6 Å². The number of nitrogens with one attached hydrogen (secondary N) is 2. The fourth-order valence-corrected chi connectivity index (χ4v) is 5.50. The molecule has 3 N–H and O–H groups in total. The van der Waals surface area contributed by atoms with Gasteiger partial charge in [0.15, 0.2) is 11.6 Å². The van der Waals surface area contributed by atoms with E-state index >= 15 is 0 Å². The van der Waals surface area contributed by atoms with Crippen LogP contribution in [0.15, 0.2) is 41.7 Å². The Morgan fingerprint density at radius 1 is 1.18 bits per heavy atom. The summed E-state index contributed by atoms with van der Waals surface area (Å²) in [5.74, 6) is -3.37. The van der Waals surface area contributed by atoms with E-state index < -0.39 is 23.9 Å². The van der Waals surface area contributed by atoms with E-state index in [0.29, 0.717) is 36.1 Å². The van der Waals surface area contributed by atoms with Crippen molar-refractivity contribution in [3.8, 4) is 16.9 Å². The quantitative estimate of drug-likeness (QED) is 0.403. The first-order valence-electron chi connectivity index (χ1n) is 12.2. The van der Waals surface area contributed by atoms with Crippen molar-refractivity contribution >= 4 is 17.5 Å². The lowest BCUT2D eigenvalue weighted by molar-refractivity contribution is -0.170. The first-order chi connectivity index (χ1) is 18.5. The molecule has 0 radical (unpaired) electrons. The van der Waals surface area contributed by atoms with Crippen LogP contribution in [0.5, 0.6) is 5.75 Å².